The Kier molecular flexibility index (Phi) is 4.72. The zero-order valence-corrected chi connectivity index (χ0v) is 13.5. The van der Waals surface area contributed by atoms with Crippen molar-refractivity contribution < 1.29 is 16.8 Å². The molecule has 0 saturated heterocycles. The zero-order valence-electron chi connectivity index (χ0n) is 11.8. The molecule has 0 radical (unpaired) electrons. The normalized spacial score (nSPS) is 23.9. The standard InChI is InChI=1S/C13H20N2O4S2/c1-10-3-2-4-11(9-10)15-21(18,19)13-7-5-12(6-8-13)20(14,16)17/h5-8,10-11,15H,2-4,9H2,1H3,(H2,14,16,17). The third-order valence-electron chi connectivity index (χ3n) is 3.72. The SMILES string of the molecule is CC1CCCC(NS(=O)(=O)c2ccc(S(N)(=O)=O)cc2)C1. The predicted octanol–water partition coefficient (Wildman–Crippen LogP) is 1.19. The summed E-state index contributed by atoms with van der Waals surface area (Å²) in [6, 6.07) is 4.86. The number of sulfonamides is 2. The van der Waals surface area contributed by atoms with Crippen LogP contribution in [0.4, 0.5) is 0 Å². The topological polar surface area (TPSA) is 106 Å². The van der Waals surface area contributed by atoms with Gasteiger partial charge in [0, 0.05) is 6.04 Å². The lowest BCUT2D eigenvalue weighted by Gasteiger charge is -2.27. The van der Waals surface area contributed by atoms with E-state index in [0.29, 0.717) is 5.92 Å². The number of hydrogen-bond donors (Lipinski definition) is 2. The average Bonchev–Trinajstić information content (AvgIpc) is 2.37. The van der Waals surface area contributed by atoms with Crippen LogP contribution in [0.25, 0.3) is 0 Å². The fourth-order valence-corrected chi connectivity index (χ4v) is 4.44. The maximum absolute atomic E-state index is 12.3. The van der Waals surface area contributed by atoms with E-state index in [2.05, 4.69) is 11.6 Å². The Labute approximate surface area is 125 Å². The van der Waals surface area contributed by atoms with Gasteiger partial charge in [-0.25, -0.2) is 26.7 Å². The molecule has 1 aromatic rings. The van der Waals surface area contributed by atoms with E-state index in [1.54, 1.807) is 0 Å². The minimum absolute atomic E-state index is 0.0492. The first-order chi connectivity index (χ1) is 9.68. The van der Waals surface area contributed by atoms with Gasteiger partial charge >= 0.3 is 0 Å². The fourth-order valence-electron chi connectivity index (χ4n) is 2.64. The molecule has 118 valence electrons. The fraction of sp³-hybridized carbons (Fsp3) is 0.538. The van der Waals surface area contributed by atoms with Gasteiger partial charge < -0.3 is 0 Å². The summed E-state index contributed by atoms with van der Waals surface area (Å²) in [5.41, 5.74) is 0. The first-order valence-electron chi connectivity index (χ1n) is 6.84. The van der Waals surface area contributed by atoms with E-state index < -0.39 is 20.0 Å². The van der Waals surface area contributed by atoms with E-state index in [9.17, 15) is 16.8 Å². The molecule has 1 aromatic carbocycles. The van der Waals surface area contributed by atoms with Gasteiger partial charge in [-0.1, -0.05) is 19.8 Å². The highest BCUT2D eigenvalue weighted by atomic mass is 32.2. The second kappa shape index (κ2) is 6.04. The summed E-state index contributed by atoms with van der Waals surface area (Å²) in [6.07, 6.45) is 3.80. The van der Waals surface area contributed by atoms with Crippen LogP contribution >= 0.6 is 0 Å². The van der Waals surface area contributed by atoms with Crippen molar-refractivity contribution in [2.24, 2.45) is 11.1 Å². The summed E-state index contributed by atoms with van der Waals surface area (Å²) in [5.74, 6) is 0.510. The summed E-state index contributed by atoms with van der Waals surface area (Å²) in [7, 11) is -7.45. The van der Waals surface area contributed by atoms with Crippen LogP contribution in [0.1, 0.15) is 32.6 Å². The summed E-state index contributed by atoms with van der Waals surface area (Å²) in [6.45, 7) is 2.11. The lowest BCUT2D eigenvalue weighted by atomic mass is 9.88. The molecule has 6 nitrogen and oxygen atoms in total. The van der Waals surface area contributed by atoms with E-state index >= 15 is 0 Å². The van der Waals surface area contributed by atoms with Gasteiger partial charge in [0.25, 0.3) is 0 Å². The molecule has 1 fully saturated rings. The van der Waals surface area contributed by atoms with Crippen molar-refractivity contribution in [2.75, 3.05) is 0 Å². The van der Waals surface area contributed by atoms with E-state index in [0.717, 1.165) is 25.7 Å². The van der Waals surface area contributed by atoms with Crippen LogP contribution in [0.3, 0.4) is 0 Å². The average molecular weight is 332 g/mol. The Balaban J connectivity index is 2.16. The van der Waals surface area contributed by atoms with Gasteiger partial charge in [0.15, 0.2) is 0 Å². The molecule has 0 heterocycles. The van der Waals surface area contributed by atoms with Crippen molar-refractivity contribution in [1.29, 1.82) is 0 Å². The van der Waals surface area contributed by atoms with Crippen LogP contribution < -0.4 is 9.86 Å². The zero-order chi connectivity index (χ0) is 15.7. The third kappa shape index (κ3) is 4.26. The minimum Gasteiger partial charge on any atom is -0.225 e. The van der Waals surface area contributed by atoms with Gasteiger partial charge in [-0.2, -0.15) is 0 Å². The second-order valence-corrected chi connectivity index (χ2v) is 8.88. The number of benzene rings is 1. The molecule has 1 aliphatic carbocycles. The van der Waals surface area contributed by atoms with Gasteiger partial charge in [-0.3, -0.25) is 0 Å². The molecule has 3 N–H and O–H groups in total. The van der Waals surface area contributed by atoms with Crippen LogP contribution in [-0.4, -0.2) is 22.9 Å². The van der Waals surface area contributed by atoms with E-state index in [4.69, 9.17) is 5.14 Å². The molecule has 2 rings (SSSR count). The van der Waals surface area contributed by atoms with Crippen molar-refractivity contribution in [3.8, 4) is 0 Å². The van der Waals surface area contributed by atoms with Crippen LogP contribution in [0.5, 0.6) is 0 Å². The highest BCUT2D eigenvalue weighted by Crippen LogP contribution is 2.25. The molecule has 1 saturated carbocycles. The van der Waals surface area contributed by atoms with E-state index in [1.807, 2.05) is 0 Å². The molecule has 8 heteroatoms. The highest BCUT2D eigenvalue weighted by molar-refractivity contribution is 7.89. The number of hydrogen-bond acceptors (Lipinski definition) is 4. The number of primary sulfonamides is 1. The number of nitrogens with one attached hydrogen (secondary N) is 1. The molecule has 0 amide bonds. The summed E-state index contributed by atoms with van der Waals surface area (Å²) >= 11 is 0. The summed E-state index contributed by atoms with van der Waals surface area (Å²) in [5, 5.41) is 4.99. The molecule has 21 heavy (non-hydrogen) atoms. The Bertz CT molecular complexity index is 696. The van der Waals surface area contributed by atoms with Gasteiger partial charge in [0.1, 0.15) is 0 Å². The Hall–Kier alpha value is -0.960. The summed E-state index contributed by atoms with van der Waals surface area (Å²) in [4.78, 5) is -0.0548. The first kappa shape index (κ1) is 16.4. The monoisotopic (exact) mass is 332 g/mol. The summed E-state index contributed by atoms with van der Waals surface area (Å²) < 4.78 is 49.6. The van der Waals surface area contributed by atoms with Gasteiger partial charge in [0.05, 0.1) is 9.79 Å². The van der Waals surface area contributed by atoms with Gasteiger partial charge in [0.2, 0.25) is 20.0 Å². The number of nitrogens with two attached hydrogens (primary N) is 1. The first-order valence-corrected chi connectivity index (χ1v) is 9.86. The molecule has 2 atom stereocenters. The van der Waals surface area contributed by atoms with Crippen LogP contribution in [-0.2, 0) is 20.0 Å². The molecule has 0 aliphatic heterocycles. The van der Waals surface area contributed by atoms with E-state index in [-0.39, 0.29) is 15.8 Å². The lowest BCUT2D eigenvalue weighted by Crippen LogP contribution is -2.37. The van der Waals surface area contributed by atoms with Crippen LogP contribution in [0, 0.1) is 5.92 Å². The maximum atomic E-state index is 12.3. The minimum atomic E-state index is -3.81. The Morgan fingerprint density at radius 2 is 1.62 bits per heavy atom. The largest absolute Gasteiger partial charge is 0.240 e. The van der Waals surface area contributed by atoms with Gasteiger partial charge in [-0.15, -0.1) is 0 Å². The Morgan fingerprint density at radius 1 is 1.05 bits per heavy atom. The second-order valence-electron chi connectivity index (χ2n) is 5.61. The predicted molar refractivity (Wildman–Crippen MR) is 79.6 cm³/mol. The van der Waals surface area contributed by atoms with Crippen molar-refractivity contribution in [1.82, 2.24) is 4.72 Å². The molecular weight excluding hydrogens is 312 g/mol. The number of rotatable bonds is 4. The van der Waals surface area contributed by atoms with Crippen molar-refractivity contribution in [3.63, 3.8) is 0 Å². The lowest BCUT2D eigenvalue weighted by molar-refractivity contribution is 0.327. The van der Waals surface area contributed by atoms with Crippen LogP contribution in [0.15, 0.2) is 34.1 Å². The van der Waals surface area contributed by atoms with Crippen molar-refractivity contribution in [3.05, 3.63) is 24.3 Å². The van der Waals surface area contributed by atoms with E-state index in [1.165, 1.54) is 24.3 Å². The Morgan fingerprint density at radius 3 is 2.14 bits per heavy atom. The van der Waals surface area contributed by atoms with Crippen molar-refractivity contribution >= 4 is 20.0 Å². The quantitative estimate of drug-likeness (QED) is 0.863. The highest BCUT2D eigenvalue weighted by Gasteiger charge is 2.24. The molecule has 0 aromatic heterocycles. The molecular formula is C13H20N2O4S2. The van der Waals surface area contributed by atoms with Gasteiger partial charge in [-0.05, 0) is 43.0 Å². The molecule has 1 aliphatic rings. The molecule has 0 bridgehead atoms. The third-order valence-corrected chi connectivity index (χ3v) is 6.19. The smallest absolute Gasteiger partial charge is 0.225 e. The maximum Gasteiger partial charge on any atom is 0.240 e. The van der Waals surface area contributed by atoms with Crippen molar-refractivity contribution in [2.45, 2.75) is 48.4 Å². The molecule has 0 spiro atoms. The molecule has 2 unspecified atom stereocenters. The van der Waals surface area contributed by atoms with Crippen LogP contribution in [0.2, 0.25) is 0 Å².